The maximum atomic E-state index is 12.8. The zero-order valence-electron chi connectivity index (χ0n) is 15.4. The molecule has 2 N–H and O–H groups in total. The first-order valence-electron chi connectivity index (χ1n) is 9.31. The second-order valence-electron chi connectivity index (χ2n) is 7.10. The van der Waals surface area contributed by atoms with Crippen LogP contribution in [0.4, 0.5) is 5.82 Å². The number of benzene rings is 1. The quantitative estimate of drug-likeness (QED) is 0.538. The van der Waals surface area contributed by atoms with Crippen LogP contribution in [0.2, 0.25) is 0 Å². The maximum absolute atomic E-state index is 12.8. The zero-order chi connectivity index (χ0) is 19.1. The molecule has 3 aromatic heterocycles. The van der Waals surface area contributed by atoms with E-state index in [2.05, 4.69) is 31.7 Å². The molecule has 0 saturated heterocycles. The fraction of sp³-hybridized carbons (Fsp3) is 0.238. The Labute approximate surface area is 166 Å². The summed E-state index contributed by atoms with van der Waals surface area (Å²) in [5.74, 6) is 0.741. The second-order valence-corrected chi connectivity index (χ2v) is 8.10. The number of para-hydroxylation sites is 1. The molecule has 140 valence electrons. The maximum Gasteiger partial charge on any atom is 0.261 e. The molecular formula is C21H19N5OS. The molecule has 28 heavy (non-hydrogen) atoms. The number of amides is 1. The first-order valence-corrected chi connectivity index (χ1v) is 10.1. The Bertz CT molecular complexity index is 1200. The van der Waals surface area contributed by atoms with E-state index in [0.29, 0.717) is 17.5 Å². The molecule has 0 unspecified atom stereocenters. The average molecular weight is 389 g/mol. The Kier molecular flexibility index (Phi) is 4.16. The highest BCUT2D eigenvalue weighted by molar-refractivity contribution is 7.20. The number of anilines is 1. The highest BCUT2D eigenvalue weighted by Gasteiger charge is 2.25. The smallest absolute Gasteiger partial charge is 0.261 e. The Morgan fingerprint density at radius 2 is 2.07 bits per heavy atom. The topological polar surface area (TPSA) is 79.8 Å². The van der Waals surface area contributed by atoms with Crippen molar-refractivity contribution in [3.8, 4) is 0 Å². The van der Waals surface area contributed by atoms with Gasteiger partial charge in [-0.1, -0.05) is 18.2 Å². The number of nitrogens with one attached hydrogen (secondary N) is 2. The van der Waals surface area contributed by atoms with Gasteiger partial charge in [0.2, 0.25) is 0 Å². The van der Waals surface area contributed by atoms with Crippen LogP contribution in [0.1, 0.15) is 33.6 Å². The molecule has 1 aliphatic rings. The van der Waals surface area contributed by atoms with Gasteiger partial charge in [-0.25, -0.2) is 9.97 Å². The molecular weight excluding hydrogens is 370 g/mol. The molecule has 4 aromatic rings. The highest BCUT2D eigenvalue weighted by atomic mass is 32.1. The number of aromatic nitrogens is 3. The lowest BCUT2D eigenvalue weighted by Gasteiger charge is -2.07. The van der Waals surface area contributed by atoms with Crippen LogP contribution in [0.15, 0.2) is 42.9 Å². The summed E-state index contributed by atoms with van der Waals surface area (Å²) in [6, 6.07) is 10.5. The summed E-state index contributed by atoms with van der Waals surface area (Å²) >= 11 is 1.41. The molecule has 0 atom stereocenters. The first kappa shape index (κ1) is 17.1. The predicted octanol–water partition coefficient (Wildman–Crippen LogP) is 4.05. The fourth-order valence-electron chi connectivity index (χ4n) is 3.29. The summed E-state index contributed by atoms with van der Waals surface area (Å²) in [6.07, 6.45) is 5.71. The van der Waals surface area contributed by atoms with E-state index in [1.165, 1.54) is 24.2 Å². The summed E-state index contributed by atoms with van der Waals surface area (Å²) < 4.78 is 0. The van der Waals surface area contributed by atoms with E-state index >= 15 is 0 Å². The van der Waals surface area contributed by atoms with E-state index in [0.717, 1.165) is 38.1 Å². The van der Waals surface area contributed by atoms with E-state index in [4.69, 9.17) is 0 Å². The minimum Gasteiger partial charge on any atom is -0.367 e. The molecule has 6 nitrogen and oxygen atoms in total. The van der Waals surface area contributed by atoms with Crippen LogP contribution in [0.3, 0.4) is 0 Å². The monoisotopic (exact) mass is 389 g/mol. The lowest BCUT2D eigenvalue weighted by molar-refractivity contribution is 0.0954. The van der Waals surface area contributed by atoms with Crippen molar-refractivity contribution in [2.75, 3.05) is 5.32 Å². The summed E-state index contributed by atoms with van der Waals surface area (Å²) in [6.45, 7) is 2.40. The van der Waals surface area contributed by atoms with Gasteiger partial charge in [-0.15, -0.1) is 11.3 Å². The molecule has 1 aromatic carbocycles. The lowest BCUT2D eigenvalue weighted by atomic mass is 10.1. The molecule has 1 fully saturated rings. The molecule has 7 heteroatoms. The largest absolute Gasteiger partial charge is 0.367 e. The summed E-state index contributed by atoms with van der Waals surface area (Å²) in [4.78, 5) is 27.6. The summed E-state index contributed by atoms with van der Waals surface area (Å²) in [5, 5.41) is 8.48. The van der Waals surface area contributed by atoms with Crippen molar-refractivity contribution < 1.29 is 4.79 Å². The van der Waals surface area contributed by atoms with Gasteiger partial charge in [-0.3, -0.25) is 9.78 Å². The van der Waals surface area contributed by atoms with Gasteiger partial charge in [0.15, 0.2) is 0 Å². The van der Waals surface area contributed by atoms with Crippen LogP contribution in [0.5, 0.6) is 0 Å². The summed E-state index contributed by atoms with van der Waals surface area (Å²) in [5.41, 5.74) is 2.85. The molecule has 0 aliphatic heterocycles. The van der Waals surface area contributed by atoms with Crippen molar-refractivity contribution in [2.24, 2.45) is 0 Å². The van der Waals surface area contributed by atoms with Gasteiger partial charge in [-0.05, 0) is 43.0 Å². The van der Waals surface area contributed by atoms with Gasteiger partial charge in [0.25, 0.3) is 5.91 Å². The number of carbonyl (C=O) groups excluding carboxylic acids is 1. The van der Waals surface area contributed by atoms with E-state index in [1.807, 2.05) is 37.4 Å². The van der Waals surface area contributed by atoms with Crippen molar-refractivity contribution >= 4 is 44.2 Å². The molecule has 1 aliphatic carbocycles. The Morgan fingerprint density at radius 1 is 1.21 bits per heavy atom. The van der Waals surface area contributed by atoms with Gasteiger partial charge < -0.3 is 10.6 Å². The average Bonchev–Trinajstić information content (AvgIpc) is 3.47. The molecule has 0 spiro atoms. The molecule has 5 rings (SSSR count). The number of thiophene rings is 1. The Morgan fingerprint density at radius 3 is 2.93 bits per heavy atom. The minimum atomic E-state index is -0.0916. The van der Waals surface area contributed by atoms with Gasteiger partial charge in [0, 0.05) is 24.2 Å². The Hall–Kier alpha value is -3.06. The van der Waals surface area contributed by atoms with Crippen molar-refractivity contribution in [3.63, 3.8) is 0 Å². The van der Waals surface area contributed by atoms with Gasteiger partial charge >= 0.3 is 0 Å². The van der Waals surface area contributed by atoms with Gasteiger partial charge in [-0.2, -0.15) is 0 Å². The van der Waals surface area contributed by atoms with Crippen LogP contribution in [-0.2, 0) is 6.54 Å². The van der Waals surface area contributed by atoms with Crippen LogP contribution in [0, 0.1) is 6.92 Å². The molecule has 0 bridgehead atoms. The van der Waals surface area contributed by atoms with Crippen molar-refractivity contribution in [3.05, 3.63) is 58.9 Å². The van der Waals surface area contributed by atoms with E-state index in [9.17, 15) is 4.79 Å². The van der Waals surface area contributed by atoms with Crippen molar-refractivity contribution in [1.29, 1.82) is 0 Å². The number of carbonyl (C=O) groups is 1. The van der Waals surface area contributed by atoms with E-state index in [-0.39, 0.29) is 5.91 Å². The third kappa shape index (κ3) is 3.18. The number of fused-ring (bicyclic) bond motifs is 2. The van der Waals surface area contributed by atoms with Crippen molar-refractivity contribution in [1.82, 2.24) is 20.3 Å². The first-order chi connectivity index (χ1) is 13.7. The van der Waals surface area contributed by atoms with Crippen LogP contribution < -0.4 is 10.6 Å². The highest BCUT2D eigenvalue weighted by Crippen LogP contribution is 2.35. The summed E-state index contributed by atoms with van der Waals surface area (Å²) in [7, 11) is 0. The predicted molar refractivity (Wildman–Crippen MR) is 112 cm³/mol. The minimum absolute atomic E-state index is 0.0916. The number of nitrogens with zero attached hydrogens (tertiary/aromatic N) is 3. The standard InChI is InChI=1S/C21H19N5OS/c1-12-17-19(26-15-6-7-15)24-11-25-21(17)28-18(12)20(27)23-10-13-8-14-4-2-3-5-16(14)22-9-13/h2-5,8-9,11,15H,6-7,10H2,1H3,(H,23,27)(H,24,25,26). The third-order valence-corrected chi connectivity index (χ3v) is 6.15. The molecule has 1 amide bonds. The van der Waals surface area contributed by atoms with Gasteiger partial charge in [0.1, 0.15) is 17.0 Å². The number of hydrogen-bond acceptors (Lipinski definition) is 6. The zero-order valence-corrected chi connectivity index (χ0v) is 16.2. The molecule has 1 saturated carbocycles. The second kappa shape index (κ2) is 6.83. The SMILES string of the molecule is Cc1c(C(=O)NCc2cnc3ccccc3c2)sc2ncnc(NC3CC3)c12. The third-order valence-electron chi connectivity index (χ3n) is 4.95. The number of aryl methyl sites for hydroxylation is 1. The van der Waals surface area contributed by atoms with Crippen LogP contribution in [0.25, 0.3) is 21.1 Å². The van der Waals surface area contributed by atoms with Crippen molar-refractivity contribution in [2.45, 2.75) is 32.4 Å². The van der Waals surface area contributed by atoms with Crippen LogP contribution in [-0.4, -0.2) is 26.9 Å². The number of rotatable bonds is 5. The lowest BCUT2D eigenvalue weighted by Crippen LogP contribution is -2.22. The molecule has 3 heterocycles. The van der Waals surface area contributed by atoms with E-state index in [1.54, 1.807) is 6.33 Å². The number of pyridine rings is 1. The molecule has 0 radical (unpaired) electrons. The van der Waals surface area contributed by atoms with E-state index < -0.39 is 0 Å². The Balaban J connectivity index is 1.38. The van der Waals surface area contributed by atoms with Gasteiger partial charge in [0.05, 0.1) is 15.8 Å². The fourth-order valence-corrected chi connectivity index (χ4v) is 4.36. The number of hydrogen-bond donors (Lipinski definition) is 2. The van der Waals surface area contributed by atoms with Crippen LogP contribution >= 0.6 is 11.3 Å². The normalized spacial score (nSPS) is 13.8.